The molecule has 0 bridgehead atoms. The van der Waals surface area contributed by atoms with Crippen molar-refractivity contribution in [3.63, 3.8) is 0 Å². The minimum absolute atomic E-state index is 0. The van der Waals surface area contributed by atoms with Gasteiger partial charge in [0.25, 0.3) is 0 Å². The Hall–Kier alpha value is -0.912. The van der Waals surface area contributed by atoms with Gasteiger partial charge in [-0.3, -0.25) is 0 Å². The molecule has 0 aromatic heterocycles. The van der Waals surface area contributed by atoms with E-state index in [9.17, 15) is 0 Å². The smallest absolute Gasteiger partial charge is 0.0266 e. The molecule has 1 spiro atoms. The van der Waals surface area contributed by atoms with Crippen LogP contribution in [-0.4, -0.2) is 0 Å². The van der Waals surface area contributed by atoms with Gasteiger partial charge in [0.1, 0.15) is 0 Å². The second-order valence-electron chi connectivity index (χ2n) is 6.78. The summed E-state index contributed by atoms with van der Waals surface area (Å²) in [6.45, 7) is 0. The Morgan fingerprint density at radius 2 is 0.889 bits per heavy atom. The van der Waals surface area contributed by atoms with Crippen LogP contribution in [0, 0.1) is 12.1 Å². The standard InChI is InChI=1S/C25H14.2Y/c1-5-13-21-17(9-1)18-10-2-6-14-22(18)25(21)23-15-7-3-11-19(23)20-12-4-8-16-24(20)25;;/h1-2,5-16H;;/q-2;;. The summed E-state index contributed by atoms with van der Waals surface area (Å²) in [5.41, 5.74) is 10.5. The molecular weight excluding hydrogens is 478 g/mol. The molecule has 27 heavy (non-hydrogen) atoms. The predicted octanol–water partition coefficient (Wildman–Crippen LogP) is 5.63. The van der Waals surface area contributed by atoms with E-state index < -0.39 is 0 Å². The van der Waals surface area contributed by atoms with E-state index in [0.717, 1.165) is 0 Å². The van der Waals surface area contributed by atoms with Crippen LogP contribution in [-0.2, 0) is 70.8 Å². The fourth-order valence-corrected chi connectivity index (χ4v) is 4.92. The van der Waals surface area contributed by atoms with Crippen molar-refractivity contribution in [2.24, 2.45) is 0 Å². The van der Waals surface area contributed by atoms with Gasteiger partial charge in [-0.1, -0.05) is 48.5 Å². The van der Waals surface area contributed by atoms with Gasteiger partial charge in [-0.05, 0) is 22.3 Å². The van der Waals surface area contributed by atoms with Crippen LogP contribution in [0.3, 0.4) is 0 Å². The molecule has 0 N–H and O–H groups in total. The molecule has 2 aliphatic rings. The first-order valence-corrected chi connectivity index (χ1v) is 8.63. The van der Waals surface area contributed by atoms with Crippen molar-refractivity contribution in [1.29, 1.82) is 0 Å². The van der Waals surface area contributed by atoms with Crippen molar-refractivity contribution in [3.05, 3.63) is 119 Å². The van der Waals surface area contributed by atoms with E-state index in [-0.39, 0.29) is 70.8 Å². The first-order chi connectivity index (χ1) is 12.4. The average Bonchev–Trinajstić information content (AvgIpc) is 3.16. The number of hydrogen-bond acceptors (Lipinski definition) is 0. The van der Waals surface area contributed by atoms with E-state index in [4.69, 9.17) is 0 Å². The molecule has 2 heteroatoms. The molecule has 0 amide bonds. The molecule has 0 atom stereocenters. The summed E-state index contributed by atoms with van der Waals surface area (Å²) in [4.78, 5) is 0. The van der Waals surface area contributed by atoms with Crippen molar-refractivity contribution in [2.75, 3.05) is 0 Å². The summed E-state index contributed by atoms with van der Waals surface area (Å²) >= 11 is 0. The van der Waals surface area contributed by atoms with Crippen LogP contribution in [0.2, 0.25) is 0 Å². The fraction of sp³-hybridized carbons (Fsp3) is 0.0400. The van der Waals surface area contributed by atoms with E-state index in [2.05, 4.69) is 84.9 Å². The zero-order valence-electron chi connectivity index (χ0n) is 14.7. The Balaban J connectivity index is 0.000000900. The Morgan fingerprint density at radius 3 is 1.37 bits per heavy atom. The van der Waals surface area contributed by atoms with Gasteiger partial charge in [0.15, 0.2) is 0 Å². The molecule has 0 fully saturated rings. The van der Waals surface area contributed by atoms with Crippen LogP contribution < -0.4 is 0 Å². The Bertz CT molecular complexity index is 973. The monoisotopic (exact) mass is 492 g/mol. The fourth-order valence-electron chi connectivity index (χ4n) is 4.92. The molecule has 0 unspecified atom stereocenters. The minimum atomic E-state index is -0.220. The predicted molar refractivity (Wildman–Crippen MR) is 100 cm³/mol. The molecule has 4 aromatic carbocycles. The molecule has 2 radical (unpaired) electrons. The van der Waals surface area contributed by atoms with E-state index >= 15 is 0 Å². The maximum absolute atomic E-state index is 3.27. The Kier molecular flexibility index (Phi) is 5.15. The van der Waals surface area contributed by atoms with Gasteiger partial charge in [-0.25, -0.2) is 0 Å². The average molecular weight is 492 g/mol. The first-order valence-electron chi connectivity index (χ1n) is 8.63. The number of benzene rings is 4. The van der Waals surface area contributed by atoms with Gasteiger partial charge in [0.2, 0.25) is 0 Å². The van der Waals surface area contributed by atoms with Crippen LogP contribution in [0.4, 0.5) is 0 Å². The summed E-state index contributed by atoms with van der Waals surface area (Å²) in [6.07, 6.45) is 0. The van der Waals surface area contributed by atoms with Gasteiger partial charge >= 0.3 is 0 Å². The van der Waals surface area contributed by atoms with Crippen molar-refractivity contribution >= 4 is 0 Å². The zero-order chi connectivity index (χ0) is 16.4. The first kappa shape index (κ1) is 19.4. The SMILES string of the molecule is [Y].[Y].[c-]1ccc2c(c1)-c1c[c-]ccc1C21c2ccccc2-c2ccccc21. The Labute approximate surface area is 210 Å². The van der Waals surface area contributed by atoms with E-state index in [1.54, 1.807) is 0 Å². The summed E-state index contributed by atoms with van der Waals surface area (Å²) in [5.74, 6) is 0. The molecule has 0 saturated carbocycles. The van der Waals surface area contributed by atoms with Crippen LogP contribution in [0.25, 0.3) is 22.3 Å². The van der Waals surface area contributed by atoms with Gasteiger partial charge in [0, 0.05) is 70.8 Å². The summed E-state index contributed by atoms with van der Waals surface area (Å²) in [6, 6.07) is 37.1. The number of rotatable bonds is 0. The van der Waals surface area contributed by atoms with Gasteiger partial charge < -0.3 is 0 Å². The van der Waals surface area contributed by atoms with E-state index in [1.165, 1.54) is 44.5 Å². The second-order valence-corrected chi connectivity index (χ2v) is 6.78. The maximum atomic E-state index is 3.27. The minimum Gasteiger partial charge on any atom is -0.184 e. The van der Waals surface area contributed by atoms with E-state index in [0.29, 0.717) is 0 Å². The molecule has 0 heterocycles. The van der Waals surface area contributed by atoms with Crippen LogP contribution in [0.5, 0.6) is 0 Å². The van der Waals surface area contributed by atoms with Crippen LogP contribution in [0.1, 0.15) is 22.3 Å². The number of hydrogen-bond donors (Lipinski definition) is 0. The second kappa shape index (κ2) is 7.16. The Morgan fingerprint density at radius 1 is 0.481 bits per heavy atom. The third kappa shape index (κ3) is 2.37. The summed E-state index contributed by atoms with van der Waals surface area (Å²) in [7, 11) is 0. The molecule has 6 rings (SSSR count). The van der Waals surface area contributed by atoms with E-state index in [1.807, 2.05) is 12.1 Å². The third-order valence-electron chi connectivity index (χ3n) is 5.78. The molecule has 2 aliphatic carbocycles. The molecule has 0 saturated heterocycles. The zero-order valence-corrected chi connectivity index (χ0v) is 20.4. The van der Waals surface area contributed by atoms with Crippen molar-refractivity contribution in [2.45, 2.75) is 5.41 Å². The van der Waals surface area contributed by atoms with Crippen molar-refractivity contribution < 1.29 is 65.4 Å². The molecule has 122 valence electrons. The quantitative estimate of drug-likeness (QED) is 0.242. The van der Waals surface area contributed by atoms with Crippen molar-refractivity contribution in [1.82, 2.24) is 0 Å². The molecular formula is C25H14Y2-2. The topological polar surface area (TPSA) is 0 Å². The van der Waals surface area contributed by atoms with Crippen LogP contribution >= 0.6 is 0 Å². The summed E-state index contributed by atoms with van der Waals surface area (Å²) in [5, 5.41) is 0. The van der Waals surface area contributed by atoms with Gasteiger partial charge in [-0.2, -0.15) is 59.7 Å². The largest absolute Gasteiger partial charge is 0.184 e. The number of fused-ring (bicyclic) bond motifs is 10. The normalized spacial score (nSPS) is 13.6. The third-order valence-corrected chi connectivity index (χ3v) is 5.78. The molecule has 0 aliphatic heterocycles. The maximum Gasteiger partial charge on any atom is 0.0266 e. The molecule has 4 aromatic rings. The van der Waals surface area contributed by atoms with Crippen molar-refractivity contribution in [3.8, 4) is 22.3 Å². The van der Waals surface area contributed by atoms with Gasteiger partial charge in [-0.15, -0.1) is 11.1 Å². The van der Waals surface area contributed by atoms with Gasteiger partial charge in [0.05, 0.1) is 0 Å². The summed E-state index contributed by atoms with van der Waals surface area (Å²) < 4.78 is 0. The molecule has 0 nitrogen and oxygen atoms in total. The van der Waals surface area contributed by atoms with Crippen LogP contribution in [0.15, 0.2) is 84.9 Å².